The molecular weight excluding hydrogens is 366 g/mol. The Morgan fingerprint density at radius 1 is 1.21 bits per heavy atom. The van der Waals surface area contributed by atoms with Crippen LogP contribution in [0.2, 0.25) is 0 Å². The predicted molar refractivity (Wildman–Crippen MR) is 115 cm³/mol. The minimum atomic E-state index is -0.183. The largest absolute Gasteiger partial charge is 0.338 e. The van der Waals surface area contributed by atoms with Crippen LogP contribution in [0.3, 0.4) is 0 Å². The number of rotatable bonds is 6. The molecule has 1 aromatic heterocycles. The maximum atomic E-state index is 12.2. The lowest BCUT2D eigenvalue weighted by atomic mass is 9.97. The smallest absolute Gasteiger partial charge is 0.319 e. The Morgan fingerprint density at radius 3 is 2.48 bits per heavy atom. The first kappa shape index (κ1) is 21.3. The van der Waals surface area contributed by atoms with Crippen molar-refractivity contribution in [1.82, 2.24) is 20.4 Å². The van der Waals surface area contributed by atoms with Crippen LogP contribution >= 0.6 is 0 Å². The van der Waals surface area contributed by atoms with Gasteiger partial charge in [-0.25, -0.2) is 4.79 Å². The fourth-order valence-electron chi connectivity index (χ4n) is 3.49. The molecule has 2 aromatic rings. The summed E-state index contributed by atoms with van der Waals surface area (Å²) in [6, 6.07) is 7.31. The van der Waals surface area contributed by atoms with Gasteiger partial charge in [-0.3, -0.25) is 0 Å². The Bertz CT molecular complexity index is 786. The van der Waals surface area contributed by atoms with E-state index in [0.717, 1.165) is 43.7 Å². The number of likely N-dealkylation sites (tertiary alicyclic amines) is 1. The summed E-state index contributed by atoms with van der Waals surface area (Å²) in [6.45, 7) is 12.5. The maximum absolute atomic E-state index is 12.2. The molecule has 1 aliphatic heterocycles. The second kappa shape index (κ2) is 9.39. The molecule has 3 rings (SSSR count). The summed E-state index contributed by atoms with van der Waals surface area (Å²) >= 11 is 0. The number of carbonyl (C=O) groups is 1. The van der Waals surface area contributed by atoms with E-state index >= 15 is 0 Å². The monoisotopic (exact) mass is 399 g/mol. The molecule has 1 aliphatic rings. The van der Waals surface area contributed by atoms with Crippen LogP contribution in [0.5, 0.6) is 0 Å². The molecule has 29 heavy (non-hydrogen) atoms. The molecule has 0 bridgehead atoms. The molecule has 2 amide bonds. The summed E-state index contributed by atoms with van der Waals surface area (Å²) in [4.78, 5) is 19.2. The number of anilines is 1. The van der Waals surface area contributed by atoms with Crippen LogP contribution in [-0.2, 0) is 5.41 Å². The first-order chi connectivity index (χ1) is 13.8. The molecule has 158 valence electrons. The van der Waals surface area contributed by atoms with Crippen LogP contribution in [0, 0.1) is 5.92 Å². The number of amides is 2. The van der Waals surface area contributed by atoms with Crippen LogP contribution in [-0.4, -0.2) is 47.3 Å². The Kier molecular flexibility index (Phi) is 6.90. The van der Waals surface area contributed by atoms with Crippen molar-refractivity contribution in [2.75, 3.05) is 31.5 Å². The van der Waals surface area contributed by atoms with E-state index in [4.69, 9.17) is 4.52 Å². The van der Waals surface area contributed by atoms with E-state index in [1.54, 1.807) is 0 Å². The second-order valence-electron chi connectivity index (χ2n) is 8.87. The van der Waals surface area contributed by atoms with Gasteiger partial charge in [-0.15, -0.1) is 0 Å². The highest BCUT2D eigenvalue weighted by Gasteiger charge is 2.22. The van der Waals surface area contributed by atoms with Crippen LogP contribution in [0.4, 0.5) is 10.5 Å². The van der Waals surface area contributed by atoms with E-state index < -0.39 is 0 Å². The van der Waals surface area contributed by atoms with Crippen LogP contribution in [0.15, 0.2) is 28.8 Å². The summed E-state index contributed by atoms with van der Waals surface area (Å²) in [7, 11) is 0. The van der Waals surface area contributed by atoms with Gasteiger partial charge < -0.3 is 20.1 Å². The number of hydrogen-bond donors (Lipinski definition) is 2. The van der Waals surface area contributed by atoms with Gasteiger partial charge in [-0.05, 0) is 69.1 Å². The van der Waals surface area contributed by atoms with E-state index in [-0.39, 0.29) is 11.4 Å². The minimum absolute atomic E-state index is 0.164. The van der Waals surface area contributed by atoms with Gasteiger partial charge in [-0.2, -0.15) is 4.98 Å². The molecule has 1 fully saturated rings. The highest BCUT2D eigenvalue weighted by atomic mass is 16.5. The van der Waals surface area contributed by atoms with Crippen molar-refractivity contribution in [2.24, 2.45) is 5.92 Å². The second-order valence-corrected chi connectivity index (χ2v) is 8.87. The molecule has 1 aromatic carbocycles. The fraction of sp³-hybridized carbons (Fsp3) is 0.591. The zero-order chi connectivity index (χ0) is 20.9. The predicted octanol–water partition coefficient (Wildman–Crippen LogP) is 4.28. The van der Waals surface area contributed by atoms with Crippen molar-refractivity contribution in [3.8, 4) is 11.4 Å². The van der Waals surface area contributed by atoms with Gasteiger partial charge in [0.15, 0.2) is 0 Å². The molecule has 0 radical (unpaired) electrons. The number of aromatic nitrogens is 2. The van der Waals surface area contributed by atoms with Crippen molar-refractivity contribution in [1.29, 1.82) is 0 Å². The van der Waals surface area contributed by atoms with Gasteiger partial charge in [0.1, 0.15) is 0 Å². The number of urea groups is 1. The standard InChI is InChI=1S/C22H33N5O2/c1-5-12-27-13-10-16(11-14-27)15-23-21(28)24-18-8-6-17(7-9-18)19-25-20(29-26-19)22(2,3)4/h6-9,16H,5,10-15H2,1-4H3,(H2,23,24,28). The Hall–Kier alpha value is -2.41. The molecule has 7 nitrogen and oxygen atoms in total. The molecule has 7 heteroatoms. The highest BCUT2D eigenvalue weighted by molar-refractivity contribution is 5.89. The normalized spacial score (nSPS) is 16.0. The van der Waals surface area contributed by atoms with E-state index in [1.807, 2.05) is 45.0 Å². The van der Waals surface area contributed by atoms with Crippen molar-refractivity contribution in [2.45, 2.75) is 52.4 Å². The lowest BCUT2D eigenvalue weighted by Crippen LogP contribution is -2.39. The summed E-state index contributed by atoms with van der Waals surface area (Å²) in [5, 5.41) is 9.95. The van der Waals surface area contributed by atoms with E-state index in [0.29, 0.717) is 17.6 Å². The molecule has 0 saturated carbocycles. The summed E-state index contributed by atoms with van der Waals surface area (Å²) < 4.78 is 5.34. The molecule has 1 saturated heterocycles. The maximum Gasteiger partial charge on any atom is 0.319 e. The number of nitrogens with one attached hydrogen (secondary N) is 2. The minimum Gasteiger partial charge on any atom is -0.338 e. The number of piperidine rings is 1. The third-order valence-electron chi connectivity index (χ3n) is 5.27. The van der Waals surface area contributed by atoms with Crippen LogP contribution in [0.1, 0.15) is 52.8 Å². The van der Waals surface area contributed by atoms with Crippen molar-refractivity contribution < 1.29 is 9.32 Å². The Labute approximate surface area is 173 Å². The van der Waals surface area contributed by atoms with Crippen molar-refractivity contribution in [3.05, 3.63) is 30.2 Å². The number of carbonyl (C=O) groups excluding carboxylic acids is 1. The SMILES string of the molecule is CCCN1CCC(CNC(=O)Nc2ccc(-c3noc(C(C)(C)C)n3)cc2)CC1. The Balaban J connectivity index is 1.46. The van der Waals surface area contributed by atoms with Gasteiger partial charge >= 0.3 is 6.03 Å². The quantitative estimate of drug-likeness (QED) is 0.758. The van der Waals surface area contributed by atoms with Gasteiger partial charge in [0.2, 0.25) is 11.7 Å². The number of benzene rings is 1. The average Bonchev–Trinajstić information content (AvgIpc) is 3.19. The Morgan fingerprint density at radius 2 is 1.90 bits per heavy atom. The number of nitrogens with zero attached hydrogens (tertiary/aromatic N) is 3. The lowest BCUT2D eigenvalue weighted by Gasteiger charge is -2.31. The van der Waals surface area contributed by atoms with Crippen LogP contribution < -0.4 is 10.6 Å². The van der Waals surface area contributed by atoms with Crippen molar-refractivity contribution in [3.63, 3.8) is 0 Å². The number of hydrogen-bond acceptors (Lipinski definition) is 5. The summed E-state index contributed by atoms with van der Waals surface area (Å²) in [6.07, 6.45) is 3.50. The third-order valence-corrected chi connectivity index (χ3v) is 5.27. The van der Waals surface area contributed by atoms with Gasteiger partial charge in [0.05, 0.1) is 0 Å². The first-order valence-electron chi connectivity index (χ1n) is 10.6. The molecule has 0 unspecified atom stereocenters. The van der Waals surface area contributed by atoms with Crippen LogP contribution in [0.25, 0.3) is 11.4 Å². The van der Waals surface area contributed by atoms with Gasteiger partial charge in [-0.1, -0.05) is 32.9 Å². The zero-order valence-corrected chi connectivity index (χ0v) is 18.0. The molecule has 2 heterocycles. The third kappa shape index (κ3) is 6.03. The average molecular weight is 400 g/mol. The van der Waals surface area contributed by atoms with Crippen molar-refractivity contribution >= 4 is 11.7 Å². The molecule has 0 aliphatic carbocycles. The molecule has 2 N–H and O–H groups in total. The van der Waals surface area contributed by atoms with Gasteiger partial charge in [0.25, 0.3) is 0 Å². The summed E-state index contributed by atoms with van der Waals surface area (Å²) in [5.74, 6) is 1.72. The van der Waals surface area contributed by atoms with Gasteiger partial charge in [0, 0.05) is 23.2 Å². The molecule has 0 spiro atoms. The zero-order valence-electron chi connectivity index (χ0n) is 18.0. The fourth-order valence-corrected chi connectivity index (χ4v) is 3.49. The first-order valence-corrected chi connectivity index (χ1v) is 10.6. The summed E-state index contributed by atoms with van der Waals surface area (Å²) in [5.41, 5.74) is 1.41. The van der Waals surface area contributed by atoms with E-state index in [9.17, 15) is 4.79 Å². The lowest BCUT2D eigenvalue weighted by molar-refractivity contribution is 0.182. The van der Waals surface area contributed by atoms with E-state index in [2.05, 4.69) is 32.6 Å². The highest BCUT2D eigenvalue weighted by Crippen LogP contribution is 2.24. The topological polar surface area (TPSA) is 83.3 Å². The molecule has 0 atom stereocenters. The molecular formula is C22H33N5O2. The van der Waals surface area contributed by atoms with E-state index in [1.165, 1.54) is 13.0 Å².